The van der Waals surface area contributed by atoms with E-state index in [2.05, 4.69) is 36.9 Å². The van der Waals surface area contributed by atoms with Gasteiger partial charge in [-0.2, -0.15) is 0 Å². The van der Waals surface area contributed by atoms with Crippen molar-refractivity contribution in [1.29, 1.82) is 0 Å². The molecule has 152 valence electrons. The van der Waals surface area contributed by atoms with E-state index in [1.807, 2.05) is 0 Å². The average Bonchev–Trinajstić information content (AvgIpc) is 2.59. The molecule has 0 aromatic heterocycles. The van der Waals surface area contributed by atoms with E-state index in [1.165, 1.54) is 127 Å². The molecular formula is C23H49BrN+. The minimum absolute atomic E-state index is 1.15. The molecule has 0 saturated heterocycles. The number of unbranched alkanes of at least 4 members (excludes halogenated alkanes) is 15. The van der Waals surface area contributed by atoms with E-state index in [4.69, 9.17) is 0 Å². The van der Waals surface area contributed by atoms with Gasteiger partial charge < -0.3 is 4.48 Å². The van der Waals surface area contributed by atoms with Crippen molar-refractivity contribution in [3.05, 3.63) is 0 Å². The summed E-state index contributed by atoms with van der Waals surface area (Å²) in [6, 6.07) is 0. The molecule has 0 heterocycles. The summed E-state index contributed by atoms with van der Waals surface area (Å²) >= 11 is 3.54. The second-order valence-electron chi connectivity index (χ2n) is 8.73. The van der Waals surface area contributed by atoms with Crippen molar-refractivity contribution in [2.24, 2.45) is 0 Å². The molecule has 0 bridgehead atoms. The Bertz CT molecular complexity index is 252. The van der Waals surface area contributed by atoms with Crippen LogP contribution in [0.3, 0.4) is 0 Å². The maximum Gasteiger partial charge on any atom is 0.0790 e. The standard InChI is InChI=1S/C23H49BrN/c1-4-5-6-7-8-9-10-11-12-13-14-15-16-17-18-19-22-25(2,3)23-20-21-24/h4-23H2,1-3H3/q+1. The lowest BCUT2D eigenvalue weighted by Crippen LogP contribution is -2.41. The van der Waals surface area contributed by atoms with E-state index in [0.717, 1.165) is 5.33 Å². The van der Waals surface area contributed by atoms with Crippen LogP contribution < -0.4 is 0 Å². The monoisotopic (exact) mass is 418 g/mol. The van der Waals surface area contributed by atoms with Crippen LogP contribution in [0.1, 0.15) is 116 Å². The van der Waals surface area contributed by atoms with Crippen LogP contribution >= 0.6 is 15.9 Å². The highest BCUT2D eigenvalue weighted by atomic mass is 79.9. The lowest BCUT2D eigenvalue weighted by atomic mass is 10.0. The van der Waals surface area contributed by atoms with Gasteiger partial charge in [-0.1, -0.05) is 113 Å². The van der Waals surface area contributed by atoms with Crippen molar-refractivity contribution in [3.63, 3.8) is 0 Å². The molecule has 2 heteroatoms. The van der Waals surface area contributed by atoms with E-state index in [1.54, 1.807) is 0 Å². The Kier molecular flexibility index (Phi) is 19.5. The van der Waals surface area contributed by atoms with Crippen LogP contribution in [0.25, 0.3) is 0 Å². The van der Waals surface area contributed by atoms with E-state index in [0.29, 0.717) is 0 Å². The van der Waals surface area contributed by atoms with Crippen LogP contribution in [0.15, 0.2) is 0 Å². The van der Waals surface area contributed by atoms with E-state index >= 15 is 0 Å². The molecule has 0 aliphatic carbocycles. The Morgan fingerprint density at radius 3 is 1.16 bits per heavy atom. The molecule has 0 atom stereocenters. The molecule has 0 aromatic carbocycles. The molecular weight excluding hydrogens is 370 g/mol. The first-order chi connectivity index (χ1) is 12.1. The maximum atomic E-state index is 3.54. The van der Waals surface area contributed by atoms with E-state index in [-0.39, 0.29) is 0 Å². The third-order valence-electron chi connectivity index (χ3n) is 5.51. The normalized spacial score (nSPS) is 12.0. The smallest absolute Gasteiger partial charge is 0.0790 e. The molecule has 1 nitrogen and oxygen atoms in total. The van der Waals surface area contributed by atoms with Crippen LogP contribution in [0.2, 0.25) is 0 Å². The molecule has 0 N–H and O–H groups in total. The summed E-state index contributed by atoms with van der Waals surface area (Å²) in [6.45, 7) is 4.96. The van der Waals surface area contributed by atoms with Gasteiger partial charge in [-0.3, -0.25) is 0 Å². The third-order valence-corrected chi connectivity index (χ3v) is 6.07. The Labute approximate surface area is 169 Å². The highest BCUT2D eigenvalue weighted by Crippen LogP contribution is 2.14. The second kappa shape index (κ2) is 19.2. The summed E-state index contributed by atoms with van der Waals surface area (Å²) in [5, 5.41) is 1.15. The van der Waals surface area contributed by atoms with Gasteiger partial charge >= 0.3 is 0 Å². The number of rotatable bonds is 20. The SMILES string of the molecule is CCCCCCCCCCCCCCCCCC[N+](C)(C)CCCBr. The zero-order valence-electron chi connectivity index (χ0n) is 18.0. The Hall–Kier alpha value is 0.440. The maximum absolute atomic E-state index is 3.54. The summed E-state index contributed by atoms with van der Waals surface area (Å²) in [7, 11) is 4.77. The minimum Gasteiger partial charge on any atom is -0.328 e. The fourth-order valence-electron chi connectivity index (χ4n) is 3.69. The largest absolute Gasteiger partial charge is 0.328 e. The summed E-state index contributed by atoms with van der Waals surface area (Å²) in [5.74, 6) is 0. The summed E-state index contributed by atoms with van der Waals surface area (Å²) < 4.78 is 1.20. The molecule has 0 unspecified atom stereocenters. The molecule has 0 aliphatic heterocycles. The first-order valence-corrected chi connectivity index (χ1v) is 12.6. The van der Waals surface area contributed by atoms with Crippen LogP contribution in [0, 0.1) is 0 Å². The topological polar surface area (TPSA) is 0 Å². The van der Waals surface area contributed by atoms with Crippen molar-refractivity contribution in [1.82, 2.24) is 0 Å². The molecule has 0 radical (unpaired) electrons. The van der Waals surface area contributed by atoms with Gasteiger partial charge in [0.05, 0.1) is 27.2 Å². The van der Waals surface area contributed by atoms with Crippen molar-refractivity contribution in [2.75, 3.05) is 32.5 Å². The van der Waals surface area contributed by atoms with Gasteiger partial charge in [0.15, 0.2) is 0 Å². The highest BCUT2D eigenvalue weighted by molar-refractivity contribution is 9.09. The van der Waals surface area contributed by atoms with Gasteiger partial charge in [-0.05, 0) is 12.8 Å². The van der Waals surface area contributed by atoms with Gasteiger partial charge in [0.2, 0.25) is 0 Å². The highest BCUT2D eigenvalue weighted by Gasteiger charge is 2.12. The van der Waals surface area contributed by atoms with Crippen LogP contribution in [0.4, 0.5) is 0 Å². The molecule has 0 fully saturated rings. The number of halogens is 1. The molecule has 0 spiro atoms. The number of hydrogen-bond acceptors (Lipinski definition) is 0. The summed E-state index contributed by atoms with van der Waals surface area (Å²) in [6.07, 6.45) is 24.6. The molecule has 0 aromatic rings. The number of alkyl halides is 1. The number of quaternary nitrogens is 1. The van der Waals surface area contributed by atoms with Gasteiger partial charge in [0.25, 0.3) is 0 Å². The van der Waals surface area contributed by atoms with Crippen LogP contribution in [-0.2, 0) is 0 Å². The molecule has 0 aliphatic rings. The van der Waals surface area contributed by atoms with Gasteiger partial charge in [0, 0.05) is 11.8 Å². The Morgan fingerprint density at radius 1 is 0.480 bits per heavy atom. The second-order valence-corrected chi connectivity index (χ2v) is 9.52. The lowest BCUT2D eigenvalue weighted by molar-refractivity contribution is -0.890. The average molecular weight is 420 g/mol. The Balaban J connectivity index is 3.14. The molecule has 0 rings (SSSR count). The first-order valence-electron chi connectivity index (χ1n) is 11.5. The minimum atomic E-state index is 1.15. The fourth-order valence-corrected chi connectivity index (χ4v) is 3.94. The lowest BCUT2D eigenvalue weighted by Gasteiger charge is -2.29. The van der Waals surface area contributed by atoms with Crippen molar-refractivity contribution >= 4 is 15.9 Å². The van der Waals surface area contributed by atoms with Crippen LogP contribution in [-0.4, -0.2) is 37.0 Å². The number of hydrogen-bond donors (Lipinski definition) is 0. The molecule has 0 saturated carbocycles. The zero-order valence-corrected chi connectivity index (χ0v) is 19.6. The molecule has 0 amide bonds. The molecule has 25 heavy (non-hydrogen) atoms. The summed E-state index contributed by atoms with van der Waals surface area (Å²) in [4.78, 5) is 0. The predicted molar refractivity (Wildman–Crippen MR) is 120 cm³/mol. The van der Waals surface area contributed by atoms with Gasteiger partial charge in [-0.25, -0.2) is 0 Å². The summed E-state index contributed by atoms with van der Waals surface area (Å²) in [5.41, 5.74) is 0. The fraction of sp³-hybridized carbons (Fsp3) is 1.00. The first kappa shape index (κ1) is 25.4. The zero-order chi connectivity index (χ0) is 18.6. The van der Waals surface area contributed by atoms with Gasteiger partial charge in [0.1, 0.15) is 0 Å². The predicted octanol–water partition coefficient (Wildman–Crippen LogP) is 8.11. The third kappa shape index (κ3) is 20.6. The van der Waals surface area contributed by atoms with Gasteiger partial charge in [-0.15, -0.1) is 0 Å². The number of nitrogens with zero attached hydrogens (tertiary/aromatic N) is 1. The van der Waals surface area contributed by atoms with Crippen molar-refractivity contribution < 1.29 is 4.48 Å². The van der Waals surface area contributed by atoms with Crippen molar-refractivity contribution in [2.45, 2.75) is 116 Å². The van der Waals surface area contributed by atoms with Crippen molar-refractivity contribution in [3.8, 4) is 0 Å². The van der Waals surface area contributed by atoms with E-state index < -0.39 is 0 Å². The van der Waals surface area contributed by atoms with E-state index in [9.17, 15) is 0 Å². The quantitative estimate of drug-likeness (QED) is 0.106. The van der Waals surface area contributed by atoms with Crippen LogP contribution in [0.5, 0.6) is 0 Å². The Morgan fingerprint density at radius 2 is 0.800 bits per heavy atom.